The zero-order chi connectivity index (χ0) is 13.8. The summed E-state index contributed by atoms with van der Waals surface area (Å²) in [5.41, 5.74) is 0.785. The van der Waals surface area contributed by atoms with E-state index in [4.69, 9.17) is 16.3 Å². The molecule has 1 heterocycles. The van der Waals surface area contributed by atoms with Gasteiger partial charge in [0.05, 0.1) is 19.3 Å². The fourth-order valence-corrected chi connectivity index (χ4v) is 2.42. The first kappa shape index (κ1) is 14.0. The zero-order valence-corrected chi connectivity index (χ0v) is 12.0. The Morgan fingerprint density at radius 3 is 3.00 bits per heavy atom. The second-order valence-electron chi connectivity index (χ2n) is 4.93. The summed E-state index contributed by atoms with van der Waals surface area (Å²) in [5, 5.41) is 3.72. The monoisotopic (exact) mass is 282 g/mol. The molecule has 0 saturated carbocycles. The van der Waals surface area contributed by atoms with Gasteiger partial charge in [-0.1, -0.05) is 18.5 Å². The van der Waals surface area contributed by atoms with Gasteiger partial charge in [-0.2, -0.15) is 0 Å². The zero-order valence-electron chi connectivity index (χ0n) is 11.3. The number of methoxy groups -OCH3 is 1. The second-order valence-corrected chi connectivity index (χ2v) is 5.37. The van der Waals surface area contributed by atoms with Crippen LogP contribution in [0.5, 0.6) is 5.75 Å². The number of carbonyl (C=O) groups is 1. The van der Waals surface area contributed by atoms with Gasteiger partial charge in [0, 0.05) is 24.2 Å². The first-order chi connectivity index (χ1) is 9.10. The first-order valence-electron chi connectivity index (χ1n) is 6.45. The Balaban J connectivity index is 1.93. The molecule has 1 amide bonds. The van der Waals surface area contributed by atoms with Gasteiger partial charge in [-0.25, -0.2) is 0 Å². The normalized spacial score (nSPS) is 18.5. The number of carbonyl (C=O) groups excluding carboxylic acids is 1. The highest BCUT2D eigenvalue weighted by Crippen LogP contribution is 2.27. The maximum atomic E-state index is 12.0. The van der Waals surface area contributed by atoms with E-state index in [0.29, 0.717) is 16.7 Å². The van der Waals surface area contributed by atoms with Crippen molar-refractivity contribution in [3.63, 3.8) is 0 Å². The molecule has 2 rings (SSSR count). The quantitative estimate of drug-likeness (QED) is 0.923. The largest absolute Gasteiger partial charge is 0.495 e. The van der Waals surface area contributed by atoms with Crippen LogP contribution in [0.3, 0.4) is 0 Å². The minimum absolute atomic E-state index is 0.126. The summed E-state index contributed by atoms with van der Waals surface area (Å²) in [5.74, 6) is 1.38. The number of halogens is 1. The number of nitrogens with one attached hydrogen (secondary N) is 1. The van der Waals surface area contributed by atoms with E-state index in [1.807, 2.05) is 11.0 Å². The van der Waals surface area contributed by atoms with Crippen LogP contribution >= 0.6 is 11.6 Å². The summed E-state index contributed by atoms with van der Waals surface area (Å²) >= 11 is 5.89. The predicted octanol–water partition coefficient (Wildman–Crippen LogP) is 2.63. The van der Waals surface area contributed by atoms with Crippen LogP contribution in [-0.4, -0.2) is 37.6 Å². The summed E-state index contributed by atoms with van der Waals surface area (Å²) in [4.78, 5) is 13.9. The average molecular weight is 283 g/mol. The van der Waals surface area contributed by atoms with Crippen molar-refractivity contribution in [3.8, 4) is 5.75 Å². The van der Waals surface area contributed by atoms with E-state index in [2.05, 4.69) is 12.2 Å². The highest BCUT2D eigenvalue weighted by molar-refractivity contribution is 6.30. The number of rotatable bonds is 4. The Kier molecular flexibility index (Phi) is 4.53. The van der Waals surface area contributed by atoms with Crippen molar-refractivity contribution in [1.29, 1.82) is 0 Å². The molecule has 1 saturated heterocycles. The van der Waals surface area contributed by atoms with E-state index in [1.54, 1.807) is 19.2 Å². The molecule has 0 bridgehead atoms. The maximum absolute atomic E-state index is 12.0. The smallest absolute Gasteiger partial charge is 0.241 e. The maximum Gasteiger partial charge on any atom is 0.241 e. The number of likely N-dealkylation sites (tertiary alicyclic amines) is 1. The van der Waals surface area contributed by atoms with Crippen LogP contribution < -0.4 is 10.1 Å². The van der Waals surface area contributed by atoms with Crippen molar-refractivity contribution in [3.05, 3.63) is 23.2 Å². The Bertz CT molecular complexity index is 465. The van der Waals surface area contributed by atoms with E-state index in [0.717, 1.165) is 25.2 Å². The molecule has 4 nitrogen and oxygen atoms in total. The van der Waals surface area contributed by atoms with Crippen LogP contribution in [0.1, 0.15) is 13.3 Å². The van der Waals surface area contributed by atoms with E-state index >= 15 is 0 Å². The fourth-order valence-electron chi connectivity index (χ4n) is 2.26. The molecule has 0 spiro atoms. The fraction of sp³-hybridized carbons (Fsp3) is 0.500. The number of benzene rings is 1. The van der Waals surface area contributed by atoms with Gasteiger partial charge in [0.1, 0.15) is 5.75 Å². The molecule has 0 radical (unpaired) electrons. The minimum Gasteiger partial charge on any atom is -0.495 e. The summed E-state index contributed by atoms with van der Waals surface area (Å²) in [6.45, 7) is 4.17. The molecular formula is C14H19ClN2O2. The van der Waals surface area contributed by atoms with Gasteiger partial charge < -0.3 is 15.0 Å². The lowest BCUT2D eigenvalue weighted by Gasteiger charge is -2.17. The molecule has 1 fully saturated rings. The number of anilines is 1. The van der Waals surface area contributed by atoms with Gasteiger partial charge in [-0.15, -0.1) is 0 Å². The van der Waals surface area contributed by atoms with Crippen LogP contribution in [0, 0.1) is 5.92 Å². The van der Waals surface area contributed by atoms with Gasteiger partial charge in [0.2, 0.25) is 5.91 Å². The van der Waals surface area contributed by atoms with Gasteiger partial charge in [0.15, 0.2) is 0 Å². The lowest BCUT2D eigenvalue weighted by molar-refractivity contribution is -0.128. The van der Waals surface area contributed by atoms with Crippen LogP contribution in [0.15, 0.2) is 18.2 Å². The molecule has 5 heteroatoms. The topological polar surface area (TPSA) is 41.6 Å². The molecule has 1 N–H and O–H groups in total. The van der Waals surface area contributed by atoms with Crippen LogP contribution in [0.2, 0.25) is 5.02 Å². The number of amides is 1. The lowest BCUT2D eigenvalue weighted by atomic mass is 10.2. The average Bonchev–Trinajstić information content (AvgIpc) is 2.83. The molecule has 1 aliphatic rings. The van der Waals surface area contributed by atoms with Crippen molar-refractivity contribution in [2.75, 3.05) is 32.1 Å². The Morgan fingerprint density at radius 2 is 2.37 bits per heavy atom. The van der Waals surface area contributed by atoms with Crippen molar-refractivity contribution < 1.29 is 9.53 Å². The number of ether oxygens (including phenoxy) is 1. The highest BCUT2D eigenvalue weighted by atomic mass is 35.5. The van der Waals surface area contributed by atoms with E-state index in [9.17, 15) is 4.79 Å². The number of hydrogen-bond donors (Lipinski definition) is 1. The molecule has 1 aromatic carbocycles. The third kappa shape index (κ3) is 3.53. The van der Waals surface area contributed by atoms with Crippen LogP contribution in [-0.2, 0) is 4.79 Å². The van der Waals surface area contributed by atoms with Crippen LogP contribution in [0.4, 0.5) is 5.69 Å². The summed E-state index contributed by atoms with van der Waals surface area (Å²) in [7, 11) is 1.58. The van der Waals surface area contributed by atoms with Crippen molar-refractivity contribution in [1.82, 2.24) is 4.90 Å². The Labute approximate surface area is 118 Å². The van der Waals surface area contributed by atoms with Gasteiger partial charge in [-0.3, -0.25) is 4.79 Å². The second kappa shape index (κ2) is 6.15. The van der Waals surface area contributed by atoms with Gasteiger partial charge in [-0.05, 0) is 24.5 Å². The Morgan fingerprint density at radius 1 is 1.58 bits per heavy atom. The summed E-state index contributed by atoms with van der Waals surface area (Å²) in [6, 6.07) is 5.32. The first-order valence-corrected chi connectivity index (χ1v) is 6.83. The van der Waals surface area contributed by atoms with Crippen molar-refractivity contribution in [2.24, 2.45) is 5.92 Å². The third-order valence-electron chi connectivity index (χ3n) is 3.37. The van der Waals surface area contributed by atoms with E-state index in [1.165, 1.54) is 0 Å². The lowest BCUT2D eigenvalue weighted by Crippen LogP contribution is -2.33. The predicted molar refractivity (Wildman–Crippen MR) is 76.9 cm³/mol. The molecule has 0 aromatic heterocycles. The minimum atomic E-state index is 0.126. The molecule has 1 aromatic rings. The summed E-state index contributed by atoms with van der Waals surface area (Å²) in [6.07, 6.45) is 1.09. The number of hydrogen-bond acceptors (Lipinski definition) is 3. The standard InChI is InChI=1S/C14H19ClN2O2/c1-10-5-6-17(9-10)14(18)8-16-12-4-3-11(15)7-13(12)19-2/h3-4,7,10,16H,5-6,8-9H2,1-2H3/t10-/m0/s1. The van der Waals surface area contributed by atoms with Gasteiger partial charge in [0.25, 0.3) is 0 Å². The van der Waals surface area contributed by atoms with Gasteiger partial charge >= 0.3 is 0 Å². The molecular weight excluding hydrogens is 264 g/mol. The molecule has 19 heavy (non-hydrogen) atoms. The third-order valence-corrected chi connectivity index (χ3v) is 3.61. The van der Waals surface area contributed by atoms with Crippen molar-refractivity contribution in [2.45, 2.75) is 13.3 Å². The molecule has 104 valence electrons. The Hall–Kier alpha value is -1.42. The van der Waals surface area contributed by atoms with E-state index < -0.39 is 0 Å². The molecule has 0 aliphatic carbocycles. The summed E-state index contributed by atoms with van der Waals surface area (Å²) < 4.78 is 5.23. The number of nitrogens with zero attached hydrogens (tertiary/aromatic N) is 1. The van der Waals surface area contributed by atoms with Crippen molar-refractivity contribution >= 4 is 23.2 Å². The molecule has 1 aliphatic heterocycles. The molecule has 1 atom stereocenters. The van der Waals surface area contributed by atoms with Crippen LogP contribution in [0.25, 0.3) is 0 Å². The van der Waals surface area contributed by atoms with E-state index in [-0.39, 0.29) is 12.5 Å². The highest BCUT2D eigenvalue weighted by Gasteiger charge is 2.22. The molecule has 0 unspecified atom stereocenters. The SMILES string of the molecule is COc1cc(Cl)ccc1NCC(=O)N1CC[C@H](C)C1.